The van der Waals surface area contributed by atoms with Crippen LogP contribution in [-0.4, -0.2) is 17.4 Å². The van der Waals surface area contributed by atoms with E-state index in [4.69, 9.17) is 0 Å². The zero-order valence-electron chi connectivity index (χ0n) is 12.6. The van der Waals surface area contributed by atoms with E-state index in [1.807, 2.05) is 6.07 Å². The number of aryl methyl sites for hydroxylation is 1. The lowest BCUT2D eigenvalue weighted by molar-refractivity contribution is 0.0946. The van der Waals surface area contributed by atoms with E-state index in [1.165, 1.54) is 18.4 Å². The standard InChI is InChI=1S/C17H23N3OS/c21-17(16-6-4-11-18-16)19-13-15-9-7-14(8-10-15)5-2-1-3-12-20-22/h4,6-11,18,20,22H,1-3,5,12-13H2,(H,19,21). The summed E-state index contributed by atoms with van der Waals surface area (Å²) in [6.45, 7) is 1.51. The largest absolute Gasteiger partial charge is 0.357 e. The van der Waals surface area contributed by atoms with Crippen molar-refractivity contribution in [3.8, 4) is 0 Å². The predicted molar refractivity (Wildman–Crippen MR) is 92.9 cm³/mol. The third-order valence-corrected chi connectivity index (χ3v) is 3.80. The Morgan fingerprint density at radius 1 is 1.05 bits per heavy atom. The first-order chi connectivity index (χ1) is 10.8. The molecule has 0 saturated carbocycles. The molecule has 1 amide bonds. The Morgan fingerprint density at radius 3 is 2.50 bits per heavy atom. The Kier molecular flexibility index (Phi) is 7.06. The fourth-order valence-corrected chi connectivity index (χ4v) is 2.44. The van der Waals surface area contributed by atoms with Gasteiger partial charge in [0, 0.05) is 19.3 Å². The number of rotatable bonds is 9. The fourth-order valence-electron chi connectivity index (χ4n) is 2.28. The van der Waals surface area contributed by atoms with Gasteiger partial charge in [0.25, 0.3) is 5.91 Å². The molecule has 3 N–H and O–H groups in total. The normalized spacial score (nSPS) is 10.6. The molecule has 0 spiro atoms. The van der Waals surface area contributed by atoms with E-state index in [0.29, 0.717) is 12.2 Å². The molecule has 1 heterocycles. The van der Waals surface area contributed by atoms with Crippen LogP contribution in [0, 0.1) is 0 Å². The van der Waals surface area contributed by atoms with Gasteiger partial charge in [-0.05, 0) is 42.5 Å². The van der Waals surface area contributed by atoms with Crippen molar-refractivity contribution in [1.29, 1.82) is 0 Å². The lowest BCUT2D eigenvalue weighted by Crippen LogP contribution is -2.22. The number of carbonyl (C=O) groups is 1. The van der Waals surface area contributed by atoms with E-state index in [1.54, 1.807) is 12.3 Å². The van der Waals surface area contributed by atoms with Crippen LogP contribution in [0.1, 0.15) is 40.9 Å². The first kappa shape index (κ1) is 16.6. The average Bonchev–Trinajstić information content (AvgIpc) is 3.08. The second-order valence-corrected chi connectivity index (χ2v) is 5.62. The molecule has 5 heteroatoms. The summed E-state index contributed by atoms with van der Waals surface area (Å²) >= 11 is 3.98. The van der Waals surface area contributed by atoms with Gasteiger partial charge in [-0.2, -0.15) is 0 Å². The molecule has 0 aliphatic heterocycles. The molecular weight excluding hydrogens is 294 g/mol. The maximum atomic E-state index is 11.8. The minimum atomic E-state index is -0.0770. The van der Waals surface area contributed by atoms with Gasteiger partial charge in [-0.3, -0.25) is 9.52 Å². The van der Waals surface area contributed by atoms with Crippen molar-refractivity contribution in [1.82, 2.24) is 15.0 Å². The molecule has 22 heavy (non-hydrogen) atoms. The molecule has 0 atom stereocenters. The van der Waals surface area contributed by atoms with E-state index in [9.17, 15) is 4.79 Å². The molecule has 2 rings (SSSR count). The number of unbranched alkanes of at least 4 members (excludes halogenated alkanes) is 2. The van der Waals surface area contributed by atoms with Gasteiger partial charge in [0.2, 0.25) is 0 Å². The van der Waals surface area contributed by atoms with Crippen LogP contribution in [0.5, 0.6) is 0 Å². The summed E-state index contributed by atoms with van der Waals surface area (Å²) in [6, 6.07) is 12.0. The highest BCUT2D eigenvalue weighted by Crippen LogP contribution is 2.09. The van der Waals surface area contributed by atoms with Gasteiger partial charge in [-0.15, -0.1) is 0 Å². The number of thiol groups is 1. The molecule has 1 aromatic carbocycles. The van der Waals surface area contributed by atoms with E-state index in [2.05, 4.69) is 52.1 Å². The van der Waals surface area contributed by atoms with Gasteiger partial charge < -0.3 is 10.3 Å². The van der Waals surface area contributed by atoms with Gasteiger partial charge in [0.05, 0.1) is 0 Å². The lowest BCUT2D eigenvalue weighted by Gasteiger charge is -2.06. The van der Waals surface area contributed by atoms with Crippen LogP contribution in [0.2, 0.25) is 0 Å². The zero-order valence-corrected chi connectivity index (χ0v) is 13.5. The van der Waals surface area contributed by atoms with Crippen LogP contribution in [0.15, 0.2) is 42.6 Å². The van der Waals surface area contributed by atoms with Crippen LogP contribution in [-0.2, 0) is 13.0 Å². The highest BCUT2D eigenvalue weighted by Gasteiger charge is 2.05. The Bertz CT molecular complexity index is 552. The van der Waals surface area contributed by atoms with Crippen LogP contribution in [0.4, 0.5) is 0 Å². The Balaban J connectivity index is 1.71. The number of aromatic nitrogens is 1. The topological polar surface area (TPSA) is 56.9 Å². The molecule has 0 aliphatic rings. The highest BCUT2D eigenvalue weighted by molar-refractivity contribution is 7.78. The van der Waals surface area contributed by atoms with E-state index < -0.39 is 0 Å². The second-order valence-electron chi connectivity index (χ2n) is 5.30. The van der Waals surface area contributed by atoms with Crippen molar-refractivity contribution in [2.75, 3.05) is 6.54 Å². The maximum absolute atomic E-state index is 11.8. The monoisotopic (exact) mass is 317 g/mol. The average molecular weight is 317 g/mol. The van der Waals surface area contributed by atoms with Crippen LogP contribution in [0.25, 0.3) is 0 Å². The van der Waals surface area contributed by atoms with Crippen LogP contribution >= 0.6 is 12.8 Å². The summed E-state index contributed by atoms with van der Waals surface area (Å²) in [5.41, 5.74) is 3.05. The predicted octanol–water partition coefficient (Wildman–Crippen LogP) is 3.09. The number of aromatic amines is 1. The molecule has 1 aromatic heterocycles. The van der Waals surface area contributed by atoms with Crippen LogP contribution in [0.3, 0.4) is 0 Å². The summed E-state index contributed by atoms with van der Waals surface area (Å²) in [5.74, 6) is -0.0770. The molecule has 118 valence electrons. The zero-order chi connectivity index (χ0) is 15.6. The van der Waals surface area contributed by atoms with E-state index >= 15 is 0 Å². The maximum Gasteiger partial charge on any atom is 0.267 e. The van der Waals surface area contributed by atoms with E-state index in [0.717, 1.165) is 24.9 Å². The SMILES string of the molecule is O=C(NCc1ccc(CCCCCNS)cc1)c1ccc[nH]1. The van der Waals surface area contributed by atoms with Crippen molar-refractivity contribution in [3.05, 3.63) is 59.4 Å². The smallest absolute Gasteiger partial charge is 0.267 e. The first-order valence-electron chi connectivity index (χ1n) is 7.66. The Morgan fingerprint density at radius 2 is 1.82 bits per heavy atom. The number of carbonyl (C=O) groups excluding carboxylic acids is 1. The molecule has 0 unspecified atom stereocenters. The van der Waals surface area contributed by atoms with Crippen LogP contribution < -0.4 is 10.0 Å². The lowest BCUT2D eigenvalue weighted by atomic mass is 10.1. The third kappa shape index (κ3) is 5.58. The molecule has 4 nitrogen and oxygen atoms in total. The summed E-state index contributed by atoms with van der Waals surface area (Å²) < 4.78 is 2.86. The number of hydrogen-bond donors (Lipinski definition) is 4. The first-order valence-corrected chi connectivity index (χ1v) is 8.10. The Labute approximate surface area is 137 Å². The van der Waals surface area contributed by atoms with Crippen molar-refractivity contribution in [2.24, 2.45) is 0 Å². The highest BCUT2D eigenvalue weighted by atomic mass is 32.1. The summed E-state index contributed by atoms with van der Waals surface area (Å²) in [6.07, 6.45) is 6.41. The minimum Gasteiger partial charge on any atom is -0.357 e. The molecule has 2 aromatic rings. The molecule has 0 fully saturated rings. The third-order valence-electron chi connectivity index (χ3n) is 3.57. The van der Waals surface area contributed by atoms with Gasteiger partial charge in [0.1, 0.15) is 5.69 Å². The molecule has 0 saturated heterocycles. The van der Waals surface area contributed by atoms with Gasteiger partial charge >= 0.3 is 0 Å². The fraction of sp³-hybridized carbons (Fsp3) is 0.353. The Hall–Kier alpha value is -1.72. The number of H-pyrrole nitrogens is 1. The van der Waals surface area contributed by atoms with Crippen molar-refractivity contribution < 1.29 is 4.79 Å². The summed E-state index contributed by atoms with van der Waals surface area (Å²) in [7, 11) is 0. The minimum absolute atomic E-state index is 0.0770. The number of amides is 1. The number of hydrogen-bond acceptors (Lipinski definition) is 3. The molecule has 0 bridgehead atoms. The van der Waals surface area contributed by atoms with Gasteiger partial charge in [-0.25, -0.2) is 0 Å². The van der Waals surface area contributed by atoms with E-state index in [-0.39, 0.29) is 5.91 Å². The molecule has 0 radical (unpaired) electrons. The van der Waals surface area contributed by atoms with Gasteiger partial charge in [-0.1, -0.05) is 43.5 Å². The van der Waals surface area contributed by atoms with Crippen molar-refractivity contribution in [2.45, 2.75) is 32.2 Å². The summed E-state index contributed by atoms with van der Waals surface area (Å²) in [4.78, 5) is 14.7. The molecular formula is C17H23N3OS. The number of nitrogens with one attached hydrogen (secondary N) is 3. The van der Waals surface area contributed by atoms with Crippen molar-refractivity contribution >= 4 is 18.7 Å². The van der Waals surface area contributed by atoms with Crippen molar-refractivity contribution in [3.63, 3.8) is 0 Å². The second kappa shape index (κ2) is 9.33. The quantitative estimate of drug-likeness (QED) is 0.424. The van der Waals surface area contributed by atoms with Gasteiger partial charge in [0.15, 0.2) is 0 Å². The molecule has 0 aliphatic carbocycles. The summed E-state index contributed by atoms with van der Waals surface area (Å²) in [5, 5.41) is 2.90. The number of benzene rings is 1.